The summed E-state index contributed by atoms with van der Waals surface area (Å²) in [5.74, 6) is -2.43. The molecule has 12 heteroatoms. The van der Waals surface area contributed by atoms with Crippen molar-refractivity contribution in [3.05, 3.63) is 105 Å². The molecule has 5 rings (SSSR count). The molecule has 0 saturated carbocycles. The van der Waals surface area contributed by atoms with Gasteiger partial charge in [0.15, 0.2) is 11.6 Å². The molecular formula is C31H33F2N7O3. The minimum Gasteiger partial charge on any atom is -0.403 e. The number of β-amino-alcohol motifs (C(OH)–C–C–N with tert-alkyl or cyclic N) is 1. The van der Waals surface area contributed by atoms with Crippen molar-refractivity contribution < 1.29 is 18.7 Å². The van der Waals surface area contributed by atoms with Crippen LogP contribution in [0.15, 0.2) is 76.4 Å². The van der Waals surface area contributed by atoms with Crippen molar-refractivity contribution >= 4 is 23.0 Å². The van der Waals surface area contributed by atoms with Gasteiger partial charge in [-0.2, -0.15) is 0 Å². The minimum absolute atomic E-state index is 0.0522. The number of hydrogen-bond donors (Lipinski definition) is 5. The van der Waals surface area contributed by atoms with Crippen LogP contribution in [0.25, 0.3) is 22.2 Å². The number of nitrogens with one attached hydrogen (secondary N) is 3. The second kappa shape index (κ2) is 13.6. The number of amides is 1. The van der Waals surface area contributed by atoms with Crippen LogP contribution in [-0.4, -0.2) is 76.3 Å². The first-order valence-corrected chi connectivity index (χ1v) is 13.9. The predicted molar refractivity (Wildman–Crippen MR) is 161 cm³/mol. The molecule has 2 aromatic heterocycles. The van der Waals surface area contributed by atoms with Gasteiger partial charge in [-0.15, -0.1) is 0 Å². The summed E-state index contributed by atoms with van der Waals surface area (Å²) in [7, 11) is 0. The number of aliphatic hydroxyl groups excluding tert-OH is 1. The number of carbonyl (C=O) groups excluding carboxylic acids is 1. The van der Waals surface area contributed by atoms with Gasteiger partial charge in [-0.1, -0.05) is 12.1 Å². The number of aromatic nitrogens is 2. The molecule has 0 aliphatic carbocycles. The summed E-state index contributed by atoms with van der Waals surface area (Å²) in [6.07, 6.45) is 3.79. The van der Waals surface area contributed by atoms with Crippen LogP contribution in [-0.2, 0) is 13.1 Å². The van der Waals surface area contributed by atoms with Gasteiger partial charge in [0.05, 0.1) is 35.7 Å². The largest absolute Gasteiger partial charge is 0.403 e. The third-order valence-corrected chi connectivity index (χ3v) is 7.35. The van der Waals surface area contributed by atoms with E-state index >= 15 is 0 Å². The zero-order valence-electron chi connectivity index (χ0n) is 23.4. The van der Waals surface area contributed by atoms with Crippen molar-refractivity contribution in [2.24, 2.45) is 10.7 Å². The average molecular weight is 590 g/mol. The summed E-state index contributed by atoms with van der Waals surface area (Å²) in [4.78, 5) is 40.4. The minimum atomic E-state index is -0.968. The maximum Gasteiger partial charge on any atom is 0.257 e. The number of allylic oxidation sites excluding steroid dienone is 1. The van der Waals surface area contributed by atoms with Crippen molar-refractivity contribution in [1.82, 2.24) is 25.1 Å². The number of pyridine rings is 1. The monoisotopic (exact) mass is 589 g/mol. The Morgan fingerprint density at radius 2 is 1.79 bits per heavy atom. The standard InChI is InChI=1S/C31H33F2N7O3/c32-26-3-1-20(12-27(26)33)16-35-18-24(15-34)37-30(42)23-13-25(31(43)36-17-23)29-14-22-11-21(2-4-28(22)38-29)19-40-7-5-39(6-8-40)9-10-41/h1-4,11-15,17-18,38,41H,5-10,16,19,34H2,(H,36,43)(H,37,42). The number of nitrogens with zero attached hydrogens (tertiary/aromatic N) is 3. The zero-order valence-corrected chi connectivity index (χ0v) is 23.4. The summed E-state index contributed by atoms with van der Waals surface area (Å²) >= 11 is 0. The van der Waals surface area contributed by atoms with E-state index in [0.717, 1.165) is 67.5 Å². The SMILES string of the molecule is NC=C(C=NCc1ccc(F)c(F)c1)NC(=O)c1c[nH]c(=O)c(-c2cc3cc(CN4CCN(CCO)CC4)ccc3[nH]2)c1. The van der Waals surface area contributed by atoms with E-state index in [2.05, 4.69) is 42.2 Å². The number of aliphatic imine (C=N–C) groups is 1. The van der Waals surface area contributed by atoms with Crippen LogP contribution >= 0.6 is 0 Å². The van der Waals surface area contributed by atoms with E-state index in [4.69, 9.17) is 10.8 Å². The molecule has 6 N–H and O–H groups in total. The van der Waals surface area contributed by atoms with Crippen molar-refractivity contribution in [1.29, 1.82) is 0 Å². The van der Waals surface area contributed by atoms with Gasteiger partial charge in [-0.25, -0.2) is 8.78 Å². The Morgan fingerprint density at radius 3 is 2.53 bits per heavy atom. The summed E-state index contributed by atoms with van der Waals surface area (Å²) in [6, 6.07) is 13.0. The number of rotatable bonds is 10. The smallest absolute Gasteiger partial charge is 0.257 e. The molecule has 10 nitrogen and oxygen atoms in total. The van der Waals surface area contributed by atoms with Gasteiger partial charge in [0.1, 0.15) is 0 Å². The van der Waals surface area contributed by atoms with E-state index in [0.29, 0.717) is 23.4 Å². The van der Waals surface area contributed by atoms with Crippen LogP contribution in [0.5, 0.6) is 0 Å². The molecule has 0 atom stereocenters. The van der Waals surface area contributed by atoms with E-state index in [9.17, 15) is 18.4 Å². The molecule has 224 valence electrons. The molecule has 2 aromatic carbocycles. The lowest BCUT2D eigenvalue weighted by Gasteiger charge is -2.34. The number of carbonyl (C=O) groups is 1. The van der Waals surface area contributed by atoms with Gasteiger partial charge in [0.25, 0.3) is 11.5 Å². The van der Waals surface area contributed by atoms with Crippen molar-refractivity contribution in [3.8, 4) is 11.3 Å². The van der Waals surface area contributed by atoms with E-state index in [1.165, 1.54) is 24.5 Å². The quantitative estimate of drug-likeness (QED) is 0.180. The zero-order chi connectivity index (χ0) is 30.3. The lowest BCUT2D eigenvalue weighted by Crippen LogP contribution is -2.46. The molecule has 1 aliphatic heterocycles. The van der Waals surface area contributed by atoms with E-state index in [1.54, 1.807) is 0 Å². The fourth-order valence-corrected chi connectivity index (χ4v) is 5.02. The van der Waals surface area contributed by atoms with E-state index in [1.807, 2.05) is 12.1 Å². The Morgan fingerprint density at radius 1 is 1.02 bits per heavy atom. The fourth-order valence-electron chi connectivity index (χ4n) is 5.02. The number of H-pyrrole nitrogens is 2. The summed E-state index contributed by atoms with van der Waals surface area (Å²) in [5, 5.41) is 12.7. The molecule has 1 amide bonds. The number of halogens is 2. The van der Waals surface area contributed by atoms with E-state index in [-0.39, 0.29) is 30.0 Å². The van der Waals surface area contributed by atoms with Crippen LogP contribution in [0.4, 0.5) is 8.78 Å². The Labute approximate surface area is 246 Å². The summed E-state index contributed by atoms with van der Waals surface area (Å²) in [5.41, 5.74) is 9.02. The van der Waals surface area contributed by atoms with Crippen LogP contribution in [0.2, 0.25) is 0 Å². The third kappa shape index (κ3) is 7.41. The average Bonchev–Trinajstić information content (AvgIpc) is 3.43. The van der Waals surface area contributed by atoms with Gasteiger partial charge in [-0.3, -0.25) is 24.4 Å². The molecule has 1 aliphatic rings. The van der Waals surface area contributed by atoms with E-state index < -0.39 is 17.5 Å². The number of nitrogens with two attached hydrogens (primary N) is 1. The Balaban J connectivity index is 1.26. The summed E-state index contributed by atoms with van der Waals surface area (Å²) in [6.45, 7) is 5.45. The van der Waals surface area contributed by atoms with Crippen LogP contribution < -0.4 is 16.6 Å². The number of benzene rings is 2. The van der Waals surface area contributed by atoms with Gasteiger partial charge < -0.3 is 26.1 Å². The predicted octanol–water partition coefficient (Wildman–Crippen LogP) is 2.71. The molecular weight excluding hydrogens is 556 g/mol. The first kappa shape index (κ1) is 29.8. The van der Waals surface area contributed by atoms with Crippen molar-refractivity contribution in [2.45, 2.75) is 13.1 Å². The van der Waals surface area contributed by atoms with Crippen molar-refractivity contribution in [3.63, 3.8) is 0 Å². The maximum atomic E-state index is 13.4. The summed E-state index contributed by atoms with van der Waals surface area (Å²) < 4.78 is 26.5. The van der Waals surface area contributed by atoms with Gasteiger partial charge in [0.2, 0.25) is 0 Å². The highest BCUT2D eigenvalue weighted by Crippen LogP contribution is 2.24. The highest BCUT2D eigenvalue weighted by molar-refractivity contribution is 5.99. The van der Waals surface area contributed by atoms with Crippen LogP contribution in [0.3, 0.4) is 0 Å². The number of fused-ring (bicyclic) bond motifs is 1. The molecule has 1 fully saturated rings. The Bertz CT molecular complexity index is 1720. The Hall–Kier alpha value is -4.65. The molecule has 0 unspecified atom stereocenters. The molecule has 1 saturated heterocycles. The third-order valence-electron chi connectivity index (χ3n) is 7.35. The van der Waals surface area contributed by atoms with Crippen LogP contribution in [0.1, 0.15) is 21.5 Å². The van der Waals surface area contributed by atoms with Gasteiger partial charge in [-0.05, 0) is 47.5 Å². The number of aliphatic hydroxyl groups is 1. The highest BCUT2D eigenvalue weighted by Gasteiger charge is 2.17. The van der Waals surface area contributed by atoms with Crippen LogP contribution in [0, 0.1) is 11.6 Å². The lowest BCUT2D eigenvalue weighted by molar-refractivity contribution is 0.0967. The van der Waals surface area contributed by atoms with Gasteiger partial charge in [0, 0.05) is 68.8 Å². The van der Waals surface area contributed by atoms with Crippen molar-refractivity contribution in [2.75, 3.05) is 39.3 Å². The molecule has 3 heterocycles. The Kier molecular flexibility index (Phi) is 9.40. The molecule has 43 heavy (non-hydrogen) atoms. The topological polar surface area (TPSA) is 143 Å². The highest BCUT2D eigenvalue weighted by atomic mass is 19.2. The molecule has 4 aromatic rings. The normalized spacial score (nSPS) is 15.0. The molecule has 0 bridgehead atoms. The fraction of sp³-hybridized carbons (Fsp3) is 0.258. The molecule has 0 spiro atoms. The number of piperazine rings is 1. The molecule has 0 radical (unpaired) electrons. The maximum absolute atomic E-state index is 13.4. The number of aromatic amines is 2. The second-order valence-corrected chi connectivity index (χ2v) is 10.4. The lowest BCUT2D eigenvalue weighted by atomic mass is 10.1. The van der Waals surface area contributed by atoms with Gasteiger partial charge >= 0.3 is 0 Å². The number of hydrogen-bond acceptors (Lipinski definition) is 7. The first-order chi connectivity index (χ1) is 20.8. The second-order valence-electron chi connectivity index (χ2n) is 10.4. The first-order valence-electron chi connectivity index (χ1n) is 13.9.